The standard InChI is InChI=1S/C15H20BrFO/c1-4-15(5-2)13(16)9-14(15)18-11-6-7-12(17)10(3)8-11/h6-8,13-14H,4-5,9H2,1-3H3. The number of aryl methyl sites for hydroxylation is 1. The third-order valence-electron chi connectivity index (χ3n) is 4.41. The van der Waals surface area contributed by atoms with Crippen LogP contribution in [0.3, 0.4) is 0 Å². The van der Waals surface area contributed by atoms with E-state index >= 15 is 0 Å². The molecule has 1 fully saturated rings. The van der Waals surface area contributed by atoms with Crippen molar-refractivity contribution in [3.8, 4) is 5.75 Å². The lowest BCUT2D eigenvalue weighted by Gasteiger charge is -2.52. The first-order valence-electron chi connectivity index (χ1n) is 6.60. The Labute approximate surface area is 117 Å². The van der Waals surface area contributed by atoms with Crippen molar-refractivity contribution in [3.63, 3.8) is 0 Å². The zero-order chi connectivity index (χ0) is 13.3. The molecule has 2 unspecified atom stereocenters. The number of hydrogen-bond acceptors (Lipinski definition) is 1. The number of rotatable bonds is 4. The molecule has 0 N–H and O–H groups in total. The van der Waals surface area contributed by atoms with Crippen molar-refractivity contribution in [2.45, 2.75) is 51.0 Å². The zero-order valence-electron chi connectivity index (χ0n) is 11.2. The largest absolute Gasteiger partial charge is 0.490 e. The van der Waals surface area contributed by atoms with Crippen molar-refractivity contribution >= 4 is 15.9 Å². The highest BCUT2D eigenvalue weighted by Gasteiger charge is 2.53. The SMILES string of the molecule is CCC1(CC)C(Br)CC1Oc1ccc(F)c(C)c1. The van der Waals surface area contributed by atoms with Crippen molar-refractivity contribution < 1.29 is 9.13 Å². The van der Waals surface area contributed by atoms with Crippen molar-refractivity contribution in [2.75, 3.05) is 0 Å². The van der Waals surface area contributed by atoms with Crippen molar-refractivity contribution in [1.29, 1.82) is 0 Å². The van der Waals surface area contributed by atoms with E-state index in [2.05, 4.69) is 29.8 Å². The van der Waals surface area contributed by atoms with Gasteiger partial charge in [-0.15, -0.1) is 0 Å². The number of ether oxygens (including phenoxy) is 1. The van der Waals surface area contributed by atoms with Gasteiger partial charge in [0.05, 0.1) is 0 Å². The van der Waals surface area contributed by atoms with Crippen LogP contribution in [0.2, 0.25) is 0 Å². The van der Waals surface area contributed by atoms with E-state index in [1.165, 1.54) is 6.07 Å². The van der Waals surface area contributed by atoms with Crippen molar-refractivity contribution in [3.05, 3.63) is 29.6 Å². The summed E-state index contributed by atoms with van der Waals surface area (Å²) in [5.74, 6) is 0.608. The van der Waals surface area contributed by atoms with Gasteiger partial charge in [-0.05, 0) is 49.9 Å². The Hall–Kier alpha value is -0.570. The van der Waals surface area contributed by atoms with E-state index < -0.39 is 0 Å². The quantitative estimate of drug-likeness (QED) is 0.721. The summed E-state index contributed by atoms with van der Waals surface area (Å²) in [5.41, 5.74) is 0.864. The topological polar surface area (TPSA) is 9.23 Å². The molecule has 2 atom stereocenters. The van der Waals surface area contributed by atoms with Crippen LogP contribution in [-0.2, 0) is 0 Å². The first kappa shape index (κ1) is 13.9. The van der Waals surface area contributed by atoms with Gasteiger partial charge in [0.2, 0.25) is 0 Å². The second-order valence-electron chi connectivity index (χ2n) is 5.16. The molecule has 1 aliphatic carbocycles. The van der Waals surface area contributed by atoms with Gasteiger partial charge >= 0.3 is 0 Å². The maximum atomic E-state index is 13.2. The first-order valence-corrected chi connectivity index (χ1v) is 7.52. The minimum Gasteiger partial charge on any atom is -0.490 e. The van der Waals surface area contributed by atoms with E-state index in [1.807, 2.05) is 0 Å². The Balaban J connectivity index is 2.12. The average molecular weight is 315 g/mol. The molecule has 3 heteroatoms. The second-order valence-corrected chi connectivity index (χ2v) is 6.27. The predicted octanol–water partition coefficient (Wildman–Crippen LogP) is 4.86. The maximum absolute atomic E-state index is 13.2. The molecule has 18 heavy (non-hydrogen) atoms. The van der Waals surface area contributed by atoms with E-state index in [9.17, 15) is 4.39 Å². The molecule has 0 aromatic heterocycles. The number of benzene rings is 1. The molecule has 1 aliphatic rings. The molecule has 1 aromatic rings. The smallest absolute Gasteiger partial charge is 0.126 e. The van der Waals surface area contributed by atoms with Gasteiger partial charge in [0.15, 0.2) is 0 Å². The van der Waals surface area contributed by atoms with Crippen LogP contribution in [0, 0.1) is 18.2 Å². The molecule has 1 aromatic carbocycles. The van der Waals surface area contributed by atoms with Crippen LogP contribution < -0.4 is 4.74 Å². The molecule has 1 saturated carbocycles. The molecular weight excluding hydrogens is 295 g/mol. The number of alkyl halides is 1. The van der Waals surface area contributed by atoms with Crippen LogP contribution in [0.1, 0.15) is 38.7 Å². The van der Waals surface area contributed by atoms with Gasteiger partial charge in [-0.25, -0.2) is 4.39 Å². The lowest BCUT2D eigenvalue weighted by molar-refractivity contribution is -0.0411. The van der Waals surface area contributed by atoms with Gasteiger partial charge in [-0.3, -0.25) is 0 Å². The van der Waals surface area contributed by atoms with E-state index in [1.54, 1.807) is 19.1 Å². The van der Waals surface area contributed by atoms with Crippen LogP contribution in [0.25, 0.3) is 0 Å². The van der Waals surface area contributed by atoms with Crippen LogP contribution in [0.15, 0.2) is 18.2 Å². The van der Waals surface area contributed by atoms with Gasteiger partial charge < -0.3 is 4.74 Å². The van der Waals surface area contributed by atoms with Crippen molar-refractivity contribution in [1.82, 2.24) is 0 Å². The monoisotopic (exact) mass is 314 g/mol. The summed E-state index contributed by atoms with van der Waals surface area (Å²) >= 11 is 3.74. The predicted molar refractivity (Wildman–Crippen MR) is 75.9 cm³/mol. The molecular formula is C15H20BrFO. The molecule has 0 radical (unpaired) electrons. The Morgan fingerprint density at radius 3 is 2.56 bits per heavy atom. The van der Waals surface area contributed by atoms with E-state index in [0.29, 0.717) is 10.4 Å². The first-order chi connectivity index (χ1) is 8.53. The highest BCUT2D eigenvalue weighted by atomic mass is 79.9. The van der Waals surface area contributed by atoms with Gasteiger partial charge in [-0.2, -0.15) is 0 Å². The fourth-order valence-electron chi connectivity index (χ4n) is 2.87. The molecule has 2 rings (SSSR count). The molecule has 0 bridgehead atoms. The summed E-state index contributed by atoms with van der Waals surface area (Å²) < 4.78 is 19.3. The molecule has 100 valence electrons. The Kier molecular flexibility index (Phi) is 4.00. The average Bonchev–Trinajstić information content (AvgIpc) is 2.35. The molecule has 0 spiro atoms. The van der Waals surface area contributed by atoms with Crippen LogP contribution in [-0.4, -0.2) is 10.9 Å². The lowest BCUT2D eigenvalue weighted by atomic mass is 9.62. The highest BCUT2D eigenvalue weighted by Crippen LogP contribution is 2.52. The van der Waals surface area contributed by atoms with Gasteiger partial charge in [0, 0.05) is 10.2 Å². The van der Waals surface area contributed by atoms with Crippen LogP contribution in [0.5, 0.6) is 5.75 Å². The molecule has 0 aliphatic heterocycles. The lowest BCUT2D eigenvalue weighted by Crippen LogP contribution is -2.56. The zero-order valence-corrected chi connectivity index (χ0v) is 12.8. The van der Waals surface area contributed by atoms with E-state index in [4.69, 9.17) is 4.74 Å². The normalized spacial score (nSPS) is 25.6. The Morgan fingerprint density at radius 1 is 1.39 bits per heavy atom. The molecule has 0 saturated heterocycles. The van der Waals surface area contributed by atoms with E-state index in [0.717, 1.165) is 25.0 Å². The third-order valence-corrected chi connectivity index (χ3v) is 5.70. The Morgan fingerprint density at radius 2 is 2.06 bits per heavy atom. The van der Waals surface area contributed by atoms with Gasteiger partial charge in [0.1, 0.15) is 17.7 Å². The summed E-state index contributed by atoms with van der Waals surface area (Å²) in [6.07, 6.45) is 3.47. The maximum Gasteiger partial charge on any atom is 0.126 e. The molecule has 0 heterocycles. The van der Waals surface area contributed by atoms with Gasteiger partial charge in [-0.1, -0.05) is 29.8 Å². The summed E-state index contributed by atoms with van der Waals surface area (Å²) in [6.45, 7) is 6.19. The van der Waals surface area contributed by atoms with Gasteiger partial charge in [0.25, 0.3) is 0 Å². The third kappa shape index (κ3) is 2.18. The minimum atomic E-state index is -0.174. The fourth-order valence-corrected chi connectivity index (χ4v) is 4.15. The second kappa shape index (κ2) is 5.20. The fraction of sp³-hybridized carbons (Fsp3) is 0.600. The minimum absolute atomic E-state index is 0.174. The summed E-state index contributed by atoms with van der Waals surface area (Å²) in [4.78, 5) is 0.534. The van der Waals surface area contributed by atoms with Crippen LogP contribution >= 0.6 is 15.9 Å². The highest BCUT2D eigenvalue weighted by molar-refractivity contribution is 9.09. The summed E-state index contributed by atoms with van der Waals surface area (Å²) in [7, 11) is 0. The number of halogens is 2. The summed E-state index contributed by atoms with van der Waals surface area (Å²) in [6, 6.07) is 4.99. The van der Waals surface area contributed by atoms with E-state index in [-0.39, 0.29) is 17.3 Å². The van der Waals surface area contributed by atoms with Crippen LogP contribution in [0.4, 0.5) is 4.39 Å². The number of hydrogen-bond donors (Lipinski definition) is 0. The summed E-state index contributed by atoms with van der Waals surface area (Å²) in [5, 5.41) is 0. The molecule has 0 amide bonds. The molecule has 1 nitrogen and oxygen atoms in total. The van der Waals surface area contributed by atoms with Crippen molar-refractivity contribution in [2.24, 2.45) is 5.41 Å². The Bertz CT molecular complexity index is 429.